The van der Waals surface area contributed by atoms with Gasteiger partial charge in [-0.3, -0.25) is 10.1 Å². The molecule has 8 heteroatoms. The van der Waals surface area contributed by atoms with E-state index < -0.39 is 5.97 Å². The Morgan fingerprint density at radius 2 is 2.12 bits per heavy atom. The second-order valence-corrected chi connectivity index (χ2v) is 6.55. The Hall–Kier alpha value is -2.06. The lowest BCUT2D eigenvalue weighted by molar-refractivity contribution is 0.0531. The third kappa shape index (κ3) is 4.07. The molecule has 0 aliphatic heterocycles. The maximum Gasteiger partial charge on any atom is 0.350 e. The number of hydrogen-bond donors (Lipinski definition) is 1. The molecule has 0 aliphatic carbocycles. The molecule has 1 heterocycles. The van der Waals surface area contributed by atoms with Crippen LogP contribution in [0.5, 0.6) is 5.75 Å². The van der Waals surface area contributed by atoms with Crippen molar-refractivity contribution >= 4 is 40.1 Å². The van der Waals surface area contributed by atoms with E-state index in [2.05, 4.69) is 10.3 Å². The lowest BCUT2D eigenvalue weighted by Gasteiger charge is -2.09. The van der Waals surface area contributed by atoms with Crippen LogP contribution < -0.4 is 10.1 Å². The summed E-state index contributed by atoms with van der Waals surface area (Å²) in [6.07, 6.45) is 1.95. The van der Waals surface area contributed by atoms with Gasteiger partial charge in [-0.1, -0.05) is 11.3 Å². The Morgan fingerprint density at radius 3 is 2.75 bits per heavy atom. The molecule has 1 aromatic carbocycles. The molecule has 1 aromatic heterocycles. The lowest BCUT2D eigenvalue weighted by atomic mass is 10.2. The van der Waals surface area contributed by atoms with Crippen molar-refractivity contribution in [2.45, 2.75) is 18.7 Å². The first-order chi connectivity index (χ1) is 11.5. The molecule has 0 bridgehead atoms. The molecule has 0 atom stereocenters. The summed E-state index contributed by atoms with van der Waals surface area (Å²) in [6.45, 7) is 3.73. The first-order valence-electron chi connectivity index (χ1n) is 7.18. The molecule has 128 valence electrons. The van der Waals surface area contributed by atoms with Crippen LogP contribution in [0.2, 0.25) is 0 Å². The zero-order valence-corrected chi connectivity index (χ0v) is 15.5. The zero-order chi connectivity index (χ0) is 17.7. The second kappa shape index (κ2) is 8.16. The van der Waals surface area contributed by atoms with Crippen LogP contribution in [0.25, 0.3) is 0 Å². The smallest absolute Gasteiger partial charge is 0.350 e. The number of aryl methyl sites for hydroxylation is 1. The van der Waals surface area contributed by atoms with Gasteiger partial charge in [0.1, 0.15) is 10.6 Å². The number of hydrogen-bond acceptors (Lipinski definition) is 7. The molecule has 0 spiro atoms. The second-order valence-electron chi connectivity index (χ2n) is 4.67. The summed E-state index contributed by atoms with van der Waals surface area (Å²) in [5, 5.41) is 3.05. The number of anilines is 1. The summed E-state index contributed by atoms with van der Waals surface area (Å²) in [7, 11) is 1.52. The molecule has 2 aromatic rings. The van der Waals surface area contributed by atoms with Crippen molar-refractivity contribution in [3.05, 3.63) is 34.3 Å². The van der Waals surface area contributed by atoms with Crippen LogP contribution in [-0.2, 0) is 4.74 Å². The molecule has 0 saturated carbocycles. The number of benzene rings is 1. The summed E-state index contributed by atoms with van der Waals surface area (Å²) >= 11 is 2.65. The highest BCUT2D eigenvalue weighted by Crippen LogP contribution is 2.28. The number of carbonyl (C=O) groups is 2. The SMILES string of the molecule is CCOC(=O)c1sc(NC(=O)c2ccc(SC)cc2OC)nc1C. The molecule has 1 N–H and O–H groups in total. The van der Waals surface area contributed by atoms with Gasteiger partial charge in [-0.15, -0.1) is 11.8 Å². The lowest BCUT2D eigenvalue weighted by Crippen LogP contribution is -2.13. The maximum absolute atomic E-state index is 12.5. The van der Waals surface area contributed by atoms with Gasteiger partial charge in [-0.05, 0) is 38.3 Å². The van der Waals surface area contributed by atoms with Crippen molar-refractivity contribution in [2.24, 2.45) is 0 Å². The fraction of sp³-hybridized carbons (Fsp3) is 0.312. The van der Waals surface area contributed by atoms with Crippen molar-refractivity contribution in [3.8, 4) is 5.75 Å². The molecule has 6 nitrogen and oxygen atoms in total. The van der Waals surface area contributed by atoms with Crippen molar-refractivity contribution < 1.29 is 19.1 Å². The predicted octanol–water partition coefficient (Wildman–Crippen LogP) is 3.61. The Balaban J connectivity index is 2.21. The minimum Gasteiger partial charge on any atom is -0.496 e. The van der Waals surface area contributed by atoms with Gasteiger partial charge >= 0.3 is 5.97 Å². The van der Waals surface area contributed by atoms with Gasteiger partial charge in [-0.25, -0.2) is 9.78 Å². The molecule has 0 aliphatic rings. The van der Waals surface area contributed by atoms with Crippen LogP contribution in [0, 0.1) is 6.92 Å². The number of rotatable bonds is 6. The summed E-state index contributed by atoms with van der Waals surface area (Å²) in [5.41, 5.74) is 0.930. The van der Waals surface area contributed by atoms with Crippen LogP contribution in [-0.4, -0.2) is 36.8 Å². The fourth-order valence-corrected chi connectivity index (χ4v) is 3.27. The first-order valence-corrected chi connectivity index (χ1v) is 9.22. The number of ether oxygens (including phenoxy) is 2. The predicted molar refractivity (Wildman–Crippen MR) is 95.5 cm³/mol. The van der Waals surface area contributed by atoms with Gasteiger partial charge in [0.25, 0.3) is 5.91 Å². The Bertz CT molecular complexity index is 759. The monoisotopic (exact) mass is 366 g/mol. The number of amides is 1. The Labute approximate surface area is 148 Å². The van der Waals surface area contributed by atoms with Crippen molar-refractivity contribution in [1.82, 2.24) is 4.98 Å². The highest BCUT2D eigenvalue weighted by Gasteiger charge is 2.19. The number of nitrogens with one attached hydrogen (secondary N) is 1. The number of esters is 1. The summed E-state index contributed by atoms with van der Waals surface area (Å²) in [4.78, 5) is 29.9. The average molecular weight is 366 g/mol. The van der Waals surface area contributed by atoms with E-state index in [4.69, 9.17) is 9.47 Å². The molecule has 0 radical (unpaired) electrons. The van der Waals surface area contributed by atoms with Crippen molar-refractivity contribution in [2.75, 3.05) is 25.3 Å². The summed E-state index contributed by atoms with van der Waals surface area (Å²) in [5.74, 6) is -0.295. The molecule has 2 rings (SSSR count). The Kier molecular flexibility index (Phi) is 6.22. The molecular weight excluding hydrogens is 348 g/mol. The van der Waals surface area contributed by atoms with E-state index >= 15 is 0 Å². The maximum atomic E-state index is 12.5. The van der Waals surface area contributed by atoms with Gasteiger partial charge in [0, 0.05) is 4.90 Å². The normalized spacial score (nSPS) is 10.3. The average Bonchev–Trinajstić information content (AvgIpc) is 2.94. The molecule has 1 amide bonds. The standard InChI is InChI=1S/C16H18N2O4S2/c1-5-22-15(20)13-9(2)17-16(24-13)18-14(19)11-7-6-10(23-4)8-12(11)21-3/h6-8H,5H2,1-4H3,(H,17,18,19). The van der Waals surface area contributed by atoms with Gasteiger partial charge < -0.3 is 9.47 Å². The van der Waals surface area contributed by atoms with Gasteiger partial charge in [-0.2, -0.15) is 0 Å². The molecule has 0 saturated heterocycles. The van der Waals surface area contributed by atoms with E-state index in [1.165, 1.54) is 7.11 Å². The van der Waals surface area contributed by atoms with Gasteiger partial charge in [0.15, 0.2) is 5.13 Å². The highest BCUT2D eigenvalue weighted by molar-refractivity contribution is 7.98. The van der Waals surface area contributed by atoms with Crippen molar-refractivity contribution in [1.29, 1.82) is 0 Å². The summed E-state index contributed by atoms with van der Waals surface area (Å²) in [6, 6.07) is 5.35. The minimum atomic E-state index is -0.435. The van der Waals surface area contributed by atoms with Crippen LogP contribution in [0.15, 0.2) is 23.1 Å². The van der Waals surface area contributed by atoms with E-state index in [-0.39, 0.29) is 12.5 Å². The van der Waals surface area contributed by atoms with E-state index in [0.717, 1.165) is 16.2 Å². The highest BCUT2D eigenvalue weighted by atomic mass is 32.2. The minimum absolute atomic E-state index is 0.289. The van der Waals surface area contributed by atoms with Crippen molar-refractivity contribution in [3.63, 3.8) is 0 Å². The molecule has 0 fully saturated rings. The van der Waals surface area contributed by atoms with Gasteiger partial charge in [0.05, 0.1) is 25.0 Å². The number of carbonyl (C=O) groups excluding carboxylic acids is 2. The van der Waals surface area contributed by atoms with E-state index in [1.807, 2.05) is 12.3 Å². The fourth-order valence-electron chi connectivity index (χ4n) is 1.99. The first kappa shape index (κ1) is 18.3. The number of thioether (sulfide) groups is 1. The Morgan fingerprint density at radius 1 is 1.38 bits per heavy atom. The largest absolute Gasteiger partial charge is 0.496 e. The van der Waals surface area contributed by atoms with E-state index in [9.17, 15) is 9.59 Å². The molecule has 24 heavy (non-hydrogen) atoms. The van der Waals surface area contributed by atoms with Crippen LogP contribution in [0.4, 0.5) is 5.13 Å². The van der Waals surface area contributed by atoms with E-state index in [0.29, 0.717) is 27.0 Å². The third-order valence-electron chi connectivity index (χ3n) is 3.13. The molecular formula is C16H18N2O4S2. The zero-order valence-electron chi connectivity index (χ0n) is 13.8. The topological polar surface area (TPSA) is 77.5 Å². The number of thiazole rings is 1. The number of aromatic nitrogens is 1. The summed E-state index contributed by atoms with van der Waals surface area (Å²) < 4.78 is 10.3. The van der Waals surface area contributed by atoms with Crippen LogP contribution in [0.3, 0.4) is 0 Å². The van der Waals surface area contributed by atoms with Gasteiger partial charge in [0.2, 0.25) is 0 Å². The quantitative estimate of drug-likeness (QED) is 0.622. The van der Waals surface area contributed by atoms with Crippen LogP contribution >= 0.6 is 23.1 Å². The third-order valence-corrected chi connectivity index (χ3v) is 4.91. The number of nitrogens with zero attached hydrogens (tertiary/aromatic N) is 1. The molecule has 0 unspecified atom stereocenters. The van der Waals surface area contributed by atoms with E-state index in [1.54, 1.807) is 37.7 Å². The van der Waals surface area contributed by atoms with Crippen LogP contribution in [0.1, 0.15) is 32.6 Å². The number of methoxy groups -OCH3 is 1.